The molecule has 6 nitrogen and oxygen atoms in total. The summed E-state index contributed by atoms with van der Waals surface area (Å²) in [5.41, 5.74) is 1.83. The quantitative estimate of drug-likeness (QED) is 0.653. The maximum Gasteiger partial charge on any atom is 0.227 e. The third-order valence-electron chi connectivity index (χ3n) is 4.90. The fraction of sp³-hybridized carbons (Fsp3) is 0.286. The topological polar surface area (TPSA) is 68.5 Å². The number of halogens is 1. The molecule has 1 aliphatic rings. The van der Waals surface area contributed by atoms with E-state index in [1.165, 1.54) is 12.1 Å². The SMILES string of the molecule is COc1ccc(CCc2nc(C3CC(=O)N(c4ccc(F)cc4)C3)no2)cc1. The van der Waals surface area contributed by atoms with Crippen molar-refractivity contribution in [3.8, 4) is 5.75 Å². The molecule has 144 valence electrons. The summed E-state index contributed by atoms with van der Waals surface area (Å²) in [4.78, 5) is 18.5. The number of aryl methyl sites for hydroxylation is 2. The highest BCUT2D eigenvalue weighted by Crippen LogP contribution is 2.30. The van der Waals surface area contributed by atoms with Crippen molar-refractivity contribution in [1.82, 2.24) is 10.1 Å². The molecule has 0 saturated carbocycles. The van der Waals surface area contributed by atoms with Gasteiger partial charge in [-0.3, -0.25) is 4.79 Å². The minimum atomic E-state index is -0.327. The second kappa shape index (κ2) is 7.80. The van der Waals surface area contributed by atoms with Gasteiger partial charge in [-0.25, -0.2) is 4.39 Å². The highest BCUT2D eigenvalue weighted by Gasteiger charge is 2.34. The van der Waals surface area contributed by atoms with Crippen LogP contribution in [-0.2, 0) is 17.6 Å². The summed E-state index contributed by atoms with van der Waals surface area (Å²) < 4.78 is 23.6. The van der Waals surface area contributed by atoms with Crippen molar-refractivity contribution < 1.29 is 18.4 Å². The molecule has 28 heavy (non-hydrogen) atoms. The van der Waals surface area contributed by atoms with Gasteiger partial charge >= 0.3 is 0 Å². The Morgan fingerprint density at radius 1 is 1.14 bits per heavy atom. The summed E-state index contributed by atoms with van der Waals surface area (Å²) in [6.45, 7) is 0.460. The minimum Gasteiger partial charge on any atom is -0.497 e. The predicted octanol–water partition coefficient (Wildman–Crippen LogP) is 3.52. The largest absolute Gasteiger partial charge is 0.497 e. The van der Waals surface area contributed by atoms with Crippen molar-refractivity contribution in [2.24, 2.45) is 0 Å². The van der Waals surface area contributed by atoms with E-state index < -0.39 is 0 Å². The van der Waals surface area contributed by atoms with Crippen LogP contribution in [0, 0.1) is 5.82 Å². The lowest BCUT2D eigenvalue weighted by Crippen LogP contribution is -2.24. The van der Waals surface area contributed by atoms with Gasteiger partial charge in [-0.2, -0.15) is 4.98 Å². The molecule has 1 atom stereocenters. The monoisotopic (exact) mass is 381 g/mol. The Balaban J connectivity index is 1.38. The Labute approximate surface area is 161 Å². The van der Waals surface area contributed by atoms with Crippen molar-refractivity contribution in [2.45, 2.75) is 25.2 Å². The number of methoxy groups -OCH3 is 1. The van der Waals surface area contributed by atoms with Crippen LogP contribution in [0.25, 0.3) is 0 Å². The maximum absolute atomic E-state index is 13.1. The first kappa shape index (κ1) is 18.2. The van der Waals surface area contributed by atoms with E-state index in [2.05, 4.69) is 10.1 Å². The molecule has 1 aliphatic heterocycles. The number of hydrogen-bond donors (Lipinski definition) is 0. The van der Waals surface area contributed by atoms with Crippen LogP contribution in [0.2, 0.25) is 0 Å². The fourth-order valence-corrected chi connectivity index (χ4v) is 3.33. The highest BCUT2D eigenvalue weighted by molar-refractivity contribution is 5.96. The van der Waals surface area contributed by atoms with E-state index in [1.807, 2.05) is 24.3 Å². The molecular weight excluding hydrogens is 361 g/mol. The zero-order valence-corrected chi connectivity index (χ0v) is 15.5. The summed E-state index contributed by atoms with van der Waals surface area (Å²) in [7, 11) is 1.64. The van der Waals surface area contributed by atoms with Gasteiger partial charge in [-0.1, -0.05) is 17.3 Å². The third kappa shape index (κ3) is 3.88. The van der Waals surface area contributed by atoms with Gasteiger partial charge < -0.3 is 14.2 Å². The molecule has 3 aromatic rings. The Morgan fingerprint density at radius 3 is 2.61 bits per heavy atom. The fourth-order valence-electron chi connectivity index (χ4n) is 3.33. The number of anilines is 1. The Kier molecular flexibility index (Phi) is 5.06. The van der Waals surface area contributed by atoms with Crippen molar-refractivity contribution in [2.75, 3.05) is 18.6 Å². The molecule has 4 rings (SSSR count). The van der Waals surface area contributed by atoms with Crippen molar-refractivity contribution in [3.05, 3.63) is 71.6 Å². The molecule has 1 amide bonds. The standard InChI is InChI=1S/C21H20FN3O3/c1-27-18-9-2-14(3-10-18)4-11-19-23-21(24-28-19)15-12-20(26)25(13-15)17-7-5-16(22)6-8-17/h2-3,5-10,15H,4,11-13H2,1H3. The molecule has 0 spiro atoms. The molecule has 0 radical (unpaired) electrons. The number of carbonyl (C=O) groups excluding carboxylic acids is 1. The van der Waals surface area contributed by atoms with Gasteiger partial charge in [-0.15, -0.1) is 0 Å². The van der Waals surface area contributed by atoms with Crippen LogP contribution < -0.4 is 9.64 Å². The summed E-state index contributed by atoms with van der Waals surface area (Å²) in [5, 5.41) is 4.07. The molecule has 0 aliphatic carbocycles. The normalized spacial score (nSPS) is 16.6. The number of nitrogens with zero attached hydrogens (tertiary/aromatic N) is 3. The molecule has 1 aromatic heterocycles. The van der Waals surface area contributed by atoms with E-state index in [-0.39, 0.29) is 17.6 Å². The van der Waals surface area contributed by atoms with Crippen LogP contribution >= 0.6 is 0 Å². The minimum absolute atomic E-state index is 0.0267. The van der Waals surface area contributed by atoms with E-state index in [1.54, 1.807) is 24.1 Å². The van der Waals surface area contributed by atoms with E-state index >= 15 is 0 Å². The summed E-state index contributed by atoms with van der Waals surface area (Å²) >= 11 is 0. The predicted molar refractivity (Wildman–Crippen MR) is 101 cm³/mol. The van der Waals surface area contributed by atoms with Gasteiger partial charge in [0.1, 0.15) is 11.6 Å². The van der Waals surface area contributed by atoms with Crippen LogP contribution in [0.15, 0.2) is 53.1 Å². The van der Waals surface area contributed by atoms with E-state index in [0.717, 1.165) is 17.7 Å². The number of amides is 1. The summed E-state index contributed by atoms with van der Waals surface area (Å²) in [6, 6.07) is 13.8. The Bertz CT molecular complexity index is 954. The van der Waals surface area contributed by atoms with Crippen molar-refractivity contribution >= 4 is 11.6 Å². The molecule has 0 N–H and O–H groups in total. The maximum atomic E-state index is 13.1. The van der Waals surface area contributed by atoms with Crippen LogP contribution in [0.1, 0.15) is 29.6 Å². The average Bonchev–Trinajstić information content (AvgIpc) is 3.34. The van der Waals surface area contributed by atoms with Gasteiger partial charge in [0.2, 0.25) is 11.8 Å². The zero-order chi connectivity index (χ0) is 19.5. The molecule has 2 aromatic carbocycles. The number of aromatic nitrogens is 2. The van der Waals surface area contributed by atoms with Gasteiger partial charge in [0.05, 0.1) is 7.11 Å². The van der Waals surface area contributed by atoms with E-state index in [0.29, 0.717) is 36.8 Å². The third-order valence-corrected chi connectivity index (χ3v) is 4.90. The highest BCUT2D eigenvalue weighted by atomic mass is 19.1. The number of rotatable bonds is 6. The van der Waals surface area contributed by atoms with Crippen molar-refractivity contribution in [3.63, 3.8) is 0 Å². The zero-order valence-electron chi connectivity index (χ0n) is 15.5. The molecular formula is C21H20FN3O3. The average molecular weight is 381 g/mol. The first-order valence-electron chi connectivity index (χ1n) is 9.14. The van der Waals surface area contributed by atoms with Crippen LogP contribution in [0.5, 0.6) is 5.75 Å². The second-order valence-electron chi connectivity index (χ2n) is 6.78. The first-order valence-corrected chi connectivity index (χ1v) is 9.14. The smallest absolute Gasteiger partial charge is 0.227 e. The van der Waals surface area contributed by atoms with Gasteiger partial charge in [-0.05, 0) is 48.4 Å². The van der Waals surface area contributed by atoms with Crippen LogP contribution in [-0.4, -0.2) is 29.7 Å². The molecule has 1 unspecified atom stereocenters. The van der Waals surface area contributed by atoms with E-state index in [4.69, 9.17) is 9.26 Å². The summed E-state index contributed by atoms with van der Waals surface area (Å²) in [6.07, 6.45) is 1.72. The lowest BCUT2D eigenvalue weighted by atomic mass is 10.1. The molecule has 1 saturated heterocycles. The van der Waals surface area contributed by atoms with E-state index in [9.17, 15) is 9.18 Å². The summed E-state index contributed by atoms with van der Waals surface area (Å²) in [5.74, 6) is 1.44. The first-order chi connectivity index (χ1) is 13.6. The number of carbonyl (C=O) groups is 1. The van der Waals surface area contributed by atoms with Gasteiger partial charge in [0, 0.05) is 31.0 Å². The molecule has 7 heteroatoms. The Morgan fingerprint density at radius 2 is 1.89 bits per heavy atom. The second-order valence-corrected chi connectivity index (χ2v) is 6.78. The van der Waals surface area contributed by atoms with Crippen LogP contribution in [0.3, 0.4) is 0 Å². The lowest BCUT2D eigenvalue weighted by molar-refractivity contribution is -0.117. The number of benzene rings is 2. The van der Waals surface area contributed by atoms with Crippen LogP contribution in [0.4, 0.5) is 10.1 Å². The van der Waals surface area contributed by atoms with Gasteiger partial charge in [0.25, 0.3) is 0 Å². The lowest BCUT2D eigenvalue weighted by Gasteiger charge is -2.15. The number of hydrogen-bond acceptors (Lipinski definition) is 5. The molecule has 2 heterocycles. The molecule has 1 fully saturated rings. The van der Waals surface area contributed by atoms with Gasteiger partial charge in [0.15, 0.2) is 5.82 Å². The Hall–Kier alpha value is -3.22. The van der Waals surface area contributed by atoms with Crippen molar-refractivity contribution in [1.29, 1.82) is 0 Å². The molecule has 0 bridgehead atoms. The number of ether oxygens (including phenoxy) is 1.